The number of guanidine groups is 1. The largest absolute Gasteiger partial charge is 0.385 e. The van der Waals surface area contributed by atoms with Crippen LogP contribution in [0.3, 0.4) is 0 Å². The van der Waals surface area contributed by atoms with Gasteiger partial charge < -0.3 is 15.4 Å². The quantitative estimate of drug-likeness (QED) is 0.256. The highest BCUT2D eigenvalue weighted by Crippen LogP contribution is 2.16. The molecule has 2 N–H and O–H groups in total. The van der Waals surface area contributed by atoms with E-state index in [1.165, 1.54) is 6.07 Å². The van der Waals surface area contributed by atoms with Crippen LogP contribution in [0.15, 0.2) is 27.7 Å². The van der Waals surface area contributed by atoms with Gasteiger partial charge in [-0.25, -0.2) is 4.39 Å². The zero-order valence-electron chi connectivity index (χ0n) is 13.0. The summed E-state index contributed by atoms with van der Waals surface area (Å²) in [6.45, 7) is 2.29. The molecular formula is C15H24BrFIN3O. The predicted molar refractivity (Wildman–Crippen MR) is 104 cm³/mol. The molecule has 0 bridgehead atoms. The number of nitrogens with one attached hydrogen (secondary N) is 2. The lowest BCUT2D eigenvalue weighted by Gasteiger charge is -2.11. The van der Waals surface area contributed by atoms with Gasteiger partial charge in [-0.2, -0.15) is 0 Å². The summed E-state index contributed by atoms with van der Waals surface area (Å²) in [5, 5.41) is 6.41. The molecule has 1 rings (SSSR count). The molecule has 0 unspecified atom stereocenters. The molecule has 1 aromatic rings. The molecular weight excluding hydrogens is 464 g/mol. The van der Waals surface area contributed by atoms with Crippen molar-refractivity contribution in [1.29, 1.82) is 0 Å². The Morgan fingerprint density at radius 1 is 1.27 bits per heavy atom. The Morgan fingerprint density at radius 2 is 1.95 bits per heavy atom. The van der Waals surface area contributed by atoms with Gasteiger partial charge in [-0.1, -0.05) is 22.0 Å². The van der Waals surface area contributed by atoms with Gasteiger partial charge >= 0.3 is 0 Å². The molecule has 0 amide bonds. The van der Waals surface area contributed by atoms with Crippen LogP contribution in [0.1, 0.15) is 18.4 Å². The summed E-state index contributed by atoms with van der Waals surface area (Å²) in [6, 6.07) is 5.18. The predicted octanol–water partition coefficient (Wildman–Crippen LogP) is 3.34. The lowest BCUT2D eigenvalue weighted by Crippen LogP contribution is -2.38. The van der Waals surface area contributed by atoms with Crippen LogP contribution in [0.5, 0.6) is 0 Å². The van der Waals surface area contributed by atoms with Crippen LogP contribution in [-0.4, -0.2) is 39.8 Å². The van der Waals surface area contributed by atoms with Crippen LogP contribution in [0.2, 0.25) is 0 Å². The van der Waals surface area contributed by atoms with E-state index in [1.54, 1.807) is 14.2 Å². The van der Waals surface area contributed by atoms with E-state index in [2.05, 4.69) is 31.6 Å². The zero-order valence-corrected chi connectivity index (χ0v) is 16.9. The molecule has 126 valence electrons. The molecule has 7 heteroatoms. The topological polar surface area (TPSA) is 45.7 Å². The normalized spacial score (nSPS) is 11.0. The van der Waals surface area contributed by atoms with Crippen molar-refractivity contribution in [3.63, 3.8) is 0 Å². The standard InChI is InChI=1S/C15H23BrFN3O.HI/c1-18-15(20-9-4-10-21-2)19-8-3-5-12-6-7-13(16)11-14(12)17;/h6-7,11H,3-5,8-10H2,1-2H3,(H2,18,19,20);1H. The first kappa shape index (κ1) is 21.6. The second-order valence-corrected chi connectivity index (χ2v) is 5.53. The molecule has 0 aliphatic carbocycles. The summed E-state index contributed by atoms with van der Waals surface area (Å²) >= 11 is 3.26. The third-order valence-electron chi connectivity index (χ3n) is 2.97. The van der Waals surface area contributed by atoms with Crippen LogP contribution in [0.4, 0.5) is 4.39 Å². The molecule has 0 saturated heterocycles. The zero-order chi connectivity index (χ0) is 15.5. The fraction of sp³-hybridized carbons (Fsp3) is 0.533. The van der Waals surface area contributed by atoms with E-state index in [4.69, 9.17) is 4.74 Å². The van der Waals surface area contributed by atoms with Gasteiger partial charge in [0.15, 0.2) is 5.96 Å². The molecule has 0 spiro atoms. The monoisotopic (exact) mass is 487 g/mol. The average Bonchev–Trinajstić information content (AvgIpc) is 2.47. The summed E-state index contributed by atoms with van der Waals surface area (Å²) in [5.74, 6) is 0.605. The lowest BCUT2D eigenvalue weighted by atomic mass is 10.1. The molecule has 0 aliphatic rings. The Labute approximate surface area is 157 Å². The SMILES string of the molecule is CN=C(NCCCOC)NCCCc1ccc(Br)cc1F.I. The molecule has 0 radical (unpaired) electrons. The number of ether oxygens (including phenoxy) is 1. The van der Waals surface area contributed by atoms with E-state index in [-0.39, 0.29) is 29.8 Å². The highest BCUT2D eigenvalue weighted by molar-refractivity contribution is 14.0. The van der Waals surface area contributed by atoms with E-state index in [0.717, 1.165) is 48.5 Å². The Morgan fingerprint density at radius 3 is 2.55 bits per heavy atom. The van der Waals surface area contributed by atoms with Crippen molar-refractivity contribution < 1.29 is 9.13 Å². The Hall–Kier alpha value is -0.410. The highest BCUT2D eigenvalue weighted by Gasteiger charge is 2.03. The van der Waals surface area contributed by atoms with Gasteiger partial charge in [-0.05, 0) is 37.0 Å². The molecule has 0 heterocycles. The Balaban J connectivity index is 0.00000441. The van der Waals surface area contributed by atoms with E-state index in [0.29, 0.717) is 6.42 Å². The van der Waals surface area contributed by atoms with Crippen molar-refractivity contribution in [1.82, 2.24) is 10.6 Å². The van der Waals surface area contributed by atoms with E-state index < -0.39 is 0 Å². The first-order valence-corrected chi connectivity index (χ1v) is 7.84. The smallest absolute Gasteiger partial charge is 0.190 e. The van der Waals surface area contributed by atoms with Crippen molar-refractivity contribution in [2.45, 2.75) is 19.3 Å². The van der Waals surface area contributed by atoms with E-state index in [9.17, 15) is 4.39 Å². The molecule has 0 atom stereocenters. The van der Waals surface area contributed by atoms with Gasteiger partial charge in [0.05, 0.1) is 0 Å². The molecule has 4 nitrogen and oxygen atoms in total. The second-order valence-electron chi connectivity index (χ2n) is 4.61. The maximum atomic E-state index is 13.6. The highest BCUT2D eigenvalue weighted by atomic mass is 127. The minimum Gasteiger partial charge on any atom is -0.385 e. The molecule has 0 fully saturated rings. The van der Waals surface area contributed by atoms with Crippen LogP contribution >= 0.6 is 39.9 Å². The third-order valence-corrected chi connectivity index (χ3v) is 3.46. The molecule has 0 saturated carbocycles. The maximum absolute atomic E-state index is 13.6. The minimum atomic E-state index is -0.161. The number of hydrogen-bond donors (Lipinski definition) is 2. The number of nitrogens with zero attached hydrogens (tertiary/aromatic N) is 1. The van der Waals surface area contributed by atoms with E-state index in [1.807, 2.05) is 12.1 Å². The van der Waals surface area contributed by atoms with Crippen LogP contribution < -0.4 is 10.6 Å². The number of aliphatic imine (C=N–C) groups is 1. The number of aryl methyl sites for hydroxylation is 1. The Kier molecular flexibility index (Phi) is 12.8. The molecule has 0 aliphatic heterocycles. The van der Waals surface area contributed by atoms with Crippen LogP contribution in [-0.2, 0) is 11.2 Å². The average molecular weight is 488 g/mol. The van der Waals surface area contributed by atoms with Gasteiger partial charge in [0.1, 0.15) is 5.82 Å². The van der Waals surface area contributed by atoms with Crippen LogP contribution in [0, 0.1) is 5.82 Å². The number of rotatable bonds is 8. The van der Waals surface area contributed by atoms with Gasteiger partial charge in [-0.3, -0.25) is 4.99 Å². The number of halogens is 3. The number of hydrogen-bond acceptors (Lipinski definition) is 2. The van der Waals surface area contributed by atoms with Crippen molar-refractivity contribution in [2.75, 3.05) is 33.9 Å². The second kappa shape index (κ2) is 13.1. The summed E-state index contributed by atoms with van der Waals surface area (Å²) in [4.78, 5) is 4.13. The first-order chi connectivity index (χ1) is 10.2. The van der Waals surface area contributed by atoms with Gasteiger partial charge in [0.2, 0.25) is 0 Å². The summed E-state index contributed by atoms with van der Waals surface area (Å²) in [6.07, 6.45) is 2.48. The number of methoxy groups -OCH3 is 1. The van der Waals surface area contributed by atoms with Crippen molar-refractivity contribution in [2.24, 2.45) is 4.99 Å². The summed E-state index contributed by atoms with van der Waals surface area (Å²) < 4.78 is 19.4. The minimum absolute atomic E-state index is 0. The van der Waals surface area contributed by atoms with Crippen molar-refractivity contribution in [3.05, 3.63) is 34.1 Å². The van der Waals surface area contributed by atoms with Gasteiger partial charge in [0.25, 0.3) is 0 Å². The van der Waals surface area contributed by atoms with E-state index >= 15 is 0 Å². The fourth-order valence-electron chi connectivity index (χ4n) is 1.85. The summed E-state index contributed by atoms with van der Waals surface area (Å²) in [5.41, 5.74) is 0.739. The van der Waals surface area contributed by atoms with Crippen molar-refractivity contribution in [3.8, 4) is 0 Å². The summed E-state index contributed by atoms with van der Waals surface area (Å²) in [7, 11) is 3.42. The van der Waals surface area contributed by atoms with Gasteiger partial charge in [-0.15, -0.1) is 24.0 Å². The molecule has 1 aromatic carbocycles. The van der Waals surface area contributed by atoms with Crippen LogP contribution in [0.25, 0.3) is 0 Å². The maximum Gasteiger partial charge on any atom is 0.190 e. The lowest BCUT2D eigenvalue weighted by molar-refractivity contribution is 0.195. The third kappa shape index (κ3) is 8.89. The molecule has 0 aromatic heterocycles. The molecule has 22 heavy (non-hydrogen) atoms. The first-order valence-electron chi connectivity index (χ1n) is 7.04. The van der Waals surface area contributed by atoms with Crippen molar-refractivity contribution >= 4 is 45.9 Å². The Bertz CT molecular complexity index is 460. The fourth-order valence-corrected chi connectivity index (χ4v) is 2.19. The number of benzene rings is 1. The van der Waals surface area contributed by atoms with Gasteiger partial charge in [0, 0.05) is 38.3 Å².